The number of amides is 2. The van der Waals surface area contributed by atoms with Crippen LogP contribution in [0.2, 0.25) is 0 Å². The Bertz CT molecular complexity index is 854. The number of nitrogens with zero attached hydrogens (tertiary/aromatic N) is 1. The van der Waals surface area contributed by atoms with Gasteiger partial charge in [-0.2, -0.15) is 0 Å². The van der Waals surface area contributed by atoms with Crippen LogP contribution in [0, 0.1) is 10.1 Å². The first-order chi connectivity index (χ1) is 11.9. The summed E-state index contributed by atoms with van der Waals surface area (Å²) in [6.45, 7) is 0. The second kappa shape index (κ2) is 7.97. The maximum atomic E-state index is 12.2. The number of carbonyl (C=O) groups is 2. The molecular formula is C16H14N4O4S. The van der Waals surface area contributed by atoms with Crippen LogP contribution in [-0.4, -0.2) is 28.9 Å². The first-order valence-corrected chi connectivity index (χ1v) is 7.51. The smallest absolute Gasteiger partial charge is 0.282 e. The van der Waals surface area contributed by atoms with Gasteiger partial charge in [-0.25, -0.2) is 0 Å². The average molecular weight is 358 g/mol. The zero-order chi connectivity index (χ0) is 18.4. The third kappa shape index (κ3) is 4.36. The summed E-state index contributed by atoms with van der Waals surface area (Å²) in [7, 11) is 1.49. The molecule has 25 heavy (non-hydrogen) atoms. The normalized spacial score (nSPS) is 9.80. The second-order valence-corrected chi connectivity index (χ2v) is 5.22. The first kappa shape index (κ1) is 18.0. The molecule has 0 aliphatic rings. The molecule has 0 atom stereocenters. The topological polar surface area (TPSA) is 113 Å². The molecule has 8 nitrogen and oxygen atoms in total. The van der Waals surface area contributed by atoms with Gasteiger partial charge in [0.15, 0.2) is 5.11 Å². The average Bonchev–Trinajstić information content (AvgIpc) is 2.61. The van der Waals surface area contributed by atoms with E-state index in [0.717, 1.165) is 0 Å². The van der Waals surface area contributed by atoms with Crippen molar-refractivity contribution in [1.29, 1.82) is 0 Å². The standard InChI is InChI=1S/C16H14N4O4S/c1-17-14(21)10-6-2-4-8-12(10)18-16(25)19-15(22)11-7-3-5-9-13(11)20(23)24/h2-9H,1H3,(H,17,21)(H2,18,19,22,25). The van der Waals surface area contributed by atoms with Crippen molar-refractivity contribution in [3.63, 3.8) is 0 Å². The lowest BCUT2D eigenvalue weighted by atomic mass is 10.1. The van der Waals surface area contributed by atoms with E-state index in [1.165, 1.54) is 31.3 Å². The van der Waals surface area contributed by atoms with Gasteiger partial charge in [-0.05, 0) is 30.4 Å². The van der Waals surface area contributed by atoms with Crippen LogP contribution in [0.1, 0.15) is 20.7 Å². The Labute approximate surface area is 148 Å². The lowest BCUT2D eigenvalue weighted by Gasteiger charge is -2.12. The Morgan fingerprint density at radius 1 is 1.00 bits per heavy atom. The molecule has 0 saturated heterocycles. The molecule has 3 N–H and O–H groups in total. The molecule has 2 rings (SSSR count). The van der Waals surface area contributed by atoms with Gasteiger partial charge >= 0.3 is 0 Å². The van der Waals surface area contributed by atoms with Crippen molar-refractivity contribution in [2.75, 3.05) is 12.4 Å². The molecule has 0 aliphatic heterocycles. The van der Waals surface area contributed by atoms with Crippen molar-refractivity contribution in [1.82, 2.24) is 10.6 Å². The molecule has 128 valence electrons. The summed E-state index contributed by atoms with van der Waals surface area (Å²) >= 11 is 5.06. The zero-order valence-corrected chi connectivity index (χ0v) is 13.9. The lowest BCUT2D eigenvalue weighted by molar-refractivity contribution is -0.385. The van der Waals surface area contributed by atoms with Crippen LogP contribution in [0.3, 0.4) is 0 Å². The van der Waals surface area contributed by atoms with E-state index in [-0.39, 0.29) is 22.3 Å². The van der Waals surface area contributed by atoms with Crippen LogP contribution in [0.25, 0.3) is 0 Å². The van der Waals surface area contributed by atoms with Gasteiger partial charge in [-0.15, -0.1) is 0 Å². The predicted molar refractivity (Wildman–Crippen MR) is 96.6 cm³/mol. The molecule has 9 heteroatoms. The largest absolute Gasteiger partial charge is 0.355 e. The van der Waals surface area contributed by atoms with Gasteiger partial charge in [0.2, 0.25) is 0 Å². The maximum absolute atomic E-state index is 12.2. The second-order valence-electron chi connectivity index (χ2n) is 4.81. The third-order valence-electron chi connectivity index (χ3n) is 3.22. The van der Waals surface area contributed by atoms with Gasteiger partial charge in [0.1, 0.15) is 5.56 Å². The summed E-state index contributed by atoms with van der Waals surface area (Å²) in [5.74, 6) is -1.04. The van der Waals surface area contributed by atoms with Gasteiger partial charge < -0.3 is 10.6 Å². The van der Waals surface area contributed by atoms with E-state index in [0.29, 0.717) is 11.3 Å². The monoisotopic (exact) mass is 358 g/mol. The van der Waals surface area contributed by atoms with E-state index in [4.69, 9.17) is 12.2 Å². The lowest BCUT2D eigenvalue weighted by Crippen LogP contribution is -2.35. The molecular weight excluding hydrogens is 344 g/mol. The fourth-order valence-corrected chi connectivity index (χ4v) is 2.28. The molecule has 0 radical (unpaired) electrons. The number of nitro benzene ring substituents is 1. The summed E-state index contributed by atoms with van der Waals surface area (Å²) in [6, 6.07) is 12.1. The minimum absolute atomic E-state index is 0.0838. The van der Waals surface area contributed by atoms with Crippen molar-refractivity contribution in [3.05, 3.63) is 69.8 Å². The van der Waals surface area contributed by atoms with Gasteiger partial charge in [-0.1, -0.05) is 24.3 Å². The number of thiocarbonyl (C=S) groups is 1. The van der Waals surface area contributed by atoms with Crippen molar-refractivity contribution in [2.45, 2.75) is 0 Å². The van der Waals surface area contributed by atoms with Gasteiger partial charge in [0.05, 0.1) is 16.2 Å². The number of hydrogen-bond donors (Lipinski definition) is 3. The quantitative estimate of drug-likeness (QED) is 0.438. The van der Waals surface area contributed by atoms with Crippen LogP contribution in [0.15, 0.2) is 48.5 Å². The molecule has 0 heterocycles. The maximum Gasteiger partial charge on any atom is 0.282 e. The Balaban J connectivity index is 2.15. The first-order valence-electron chi connectivity index (χ1n) is 7.11. The molecule has 2 aromatic rings. The minimum Gasteiger partial charge on any atom is -0.355 e. The van der Waals surface area contributed by atoms with Crippen LogP contribution < -0.4 is 16.0 Å². The molecule has 0 fully saturated rings. The number of rotatable bonds is 4. The van der Waals surface area contributed by atoms with Crippen molar-refractivity contribution < 1.29 is 14.5 Å². The highest BCUT2D eigenvalue weighted by atomic mass is 32.1. The van der Waals surface area contributed by atoms with Crippen LogP contribution in [0.5, 0.6) is 0 Å². The molecule has 0 saturated carbocycles. The number of benzene rings is 2. The fraction of sp³-hybridized carbons (Fsp3) is 0.0625. The summed E-state index contributed by atoms with van der Waals surface area (Å²) in [4.78, 5) is 34.4. The number of anilines is 1. The summed E-state index contributed by atoms with van der Waals surface area (Å²) < 4.78 is 0. The third-order valence-corrected chi connectivity index (χ3v) is 3.42. The van der Waals surface area contributed by atoms with E-state index in [1.54, 1.807) is 24.3 Å². The highest BCUT2D eigenvalue weighted by molar-refractivity contribution is 7.80. The fourth-order valence-electron chi connectivity index (χ4n) is 2.07. The summed E-state index contributed by atoms with van der Waals surface area (Å²) in [6.07, 6.45) is 0. The number of nitro groups is 1. The number of hydrogen-bond acceptors (Lipinski definition) is 5. The van der Waals surface area contributed by atoms with E-state index >= 15 is 0 Å². The van der Waals surface area contributed by atoms with Gasteiger partial charge in [0.25, 0.3) is 17.5 Å². The highest BCUT2D eigenvalue weighted by Crippen LogP contribution is 2.18. The zero-order valence-electron chi connectivity index (χ0n) is 13.1. The Kier molecular flexibility index (Phi) is 5.75. The summed E-state index contributed by atoms with van der Waals surface area (Å²) in [5, 5.41) is 18.5. The predicted octanol–water partition coefficient (Wildman–Crippen LogP) is 2.08. The number of para-hydroxylation sites is 2. The minimum atomic E-state index is -0.720. The van der Waals surface area contributed by atoms with Crippen LogP contribution in [0.4, 0.5) is 11.4 Å². The molecule has 2 aromatic carbocycles. The number of nitrogens with one attached hydrogen (secondary N) is 3. The molecule has 0 aromatic heterocycles. The molecule has 0 spiro atoms. The van der Waals surface area contributed by atoms with Crippen molar-refractivity contribution >= 4 is 40.5 Å². The number of carbonyl (C=O) groups excluding carboxylic acids is 2. The van der Waals surface area contributed by atoms with Crippen LogP contribution >= 0.6 is 12.2 Å². The van der Waals surface area contributed by atoms with Crippen LogP contribution in [-0.2, 0) is 0 Å². The molecule has 0 aliphatic carbocycles. The molecule has 0 bridgehead atoms. The highest BCUT2D eigenvalue weighted by Gasteiger charge is 2.20. The van der Waals surface area contributed by atoms with E-state index in [2.05, 4.69) is 16.0 Å². The van der Waals surface area contributed by atoms with E-state index < -0.39 is 10.8 Å². The van der Waals surface area contributed by atoms with Gasteiger partial charge in [-0.3, -0.25) is 25.0 Å². The summed E-state index contributed by atoms with van der Waals surface area (Å²) in [5.41, 5.74) is 0.298. The van der Waals surface area contributed by atoms with E-state index in [9.17, 15) is 19.7 Å². The van der Waals surface area contributed by atoms with E-state index in [1.807, 2.05) is 0 Å². The molecule has 2 amide bonds. The van der Waals surface area contributed by atoms with Crippen molar-refractivity contribution in [3.8, 4) is 0 Å². The Morgan fingerprint density at radius 2 is 1.60 bits per heavy atom. The SMILES string of the molecule is CNC(=O)c1ccccc1NC(=S)NC(=O)c1ccccc1[N+](=O)[O-]. The van der Waals surface area contributed by atoms with Gasteiger partial charge in [0, 0.05) is 13.1 Å². The van der Waals surface area contributed by atoms with Crippen molar-refractivity contribution in [2.24, 2.45) is 0 Å². The molecule has 0 unspecified atom stereocenters. The Morgan fingerprint density at radius 3 is 2.24 bits per heavy atom. The Hall–Kier alpha value is -3.33.